The van der Waals surface area contributed by atoms with Crippen LogP contribution in [0.3, 0.4) is 0 Å². The van der Waals surface area contributed by atoms with E-state index in [9.17, 15) is 9.18 Å². The summed E-state index contributed by atoms with van der Waals surface area (Å²) < 4.78 is 13.9. The fraction of sp³-hybridized carbons (Fsp3) is 0.133. The number of rotatable bonds is 3. The third-order valence-corrected chi connectivity index (χ3v) is 2.75. The van der Waals surface area contributed by atoms with Crippen molar-refractivity contribution < 1.29 is 9.18 Å². The molecule has 85 valence electrons. The molecule has 0 saturated heterocycles. The Bertz CT molecular complexity index is 529. The fourth-order valence-corrected chi connectivity index (χ4v) is 1.73. The van der Waals surface area contributed by atoms with Crippen molar-refractivity contribution in [3.05, 3.63) is 59.4 Å². The second kappa shape index (κ2) is 4.91. The van der Waals surface area contributed by atoms with Crippen LogP contribution in [0.2, 0.25) is 0 Å². The van der Waals surface area contributed by atoms with Crippen LogP contribution in [0.1, 0.15) is 22.8 Å². The summed E-state index contributed by atoms with van der Waals surface area (Å²) in [6.07, 6.45) is 1.43. The number of carbonyl (C=O) groups excluding carboxylic acids is 1. The van der Waals surface area contributed by atoms with Gasteiger partial charge in [-0.3, -0.25) is 4.79 Å². The number of aryl methyl sites for hydroxylation is 1. The maximum Gasteiger partial charge on any atom is 0.153 e. The molecular formula is C15H12FO. The van der Waals surface area contributed by atoms with E-state index in [1.165, 1.54) is 5.56 Å². The van der Waals surface area contributed by atoms with Gasteiger partial charge in [0.15, 0.2) is 6.29 Å². The van der Waals surface area contributed by atoms with Crippen LogP contribution in [0, 0.1) is 11.9 Å². The van der Waals surface area contributed by atoms with Gasteiger partial charge in [-0.15, -0.1) is 0 Å². The first-order valence-electron chi connectivity index (χ1n) is 5.51. The highest BCUT2D eigenvalue weighted by molar-refractivity contribution is 5.79. The Morgan fingerprint density at radius 1 is 1.24 bits per heavy atom. The summed E-state index contributed by atoms with van der Waals surface area (Å²) >= 11 is 0. The van der Waals surface area contributed by atoms with Crippen LogP contribution in [-0.2, 0) is 6.42 Å². The third-order valence-electron chi connectivity index (χ3n) is 2.75. The predicted octanol–water partition coefficient (Wildman–Crippen LogP) is 3.67. The van der Waals surface area contributed by atoms with Crippen molar-refractivity contribution in [2.45, 2.75) is 13.3 Å². The number of hydrogen-bond donors (Lipinski definition) is 0. The van der Waals surface area contributed by atoms with Crippen molar-refractivity contribution in [3.63, 3.8) is 0 Å². The lowest BCUT2D eigenvalue weighted by atomic mass is 10.0. The van der Waals surface area contributed by atoms with Gasteiger partial charge < -0.3 is 0 Å². The second-order valence-electron chi connectivity index (χ2n) is 3.79. The summed E-state index contributed by atoms with van der Waals surface area (Å²) in [5.41, 5.74) is 2.39. The predicted molar refractivity (Wildman–Crippen MR) is 65.4 cm³/mol. The van der Waals surface area contributed by atoms with Crippen molar-refractivity contribution in [2.75, 3.05) is 0 Å². The zero-order chi connectivity index (χ0) is 12.3. The third kappa shape index (κ3) is 2.26. The molecule has 0 aliphatic rings. The Labute approximate surface area is 99.9 Å². The standard InChI is InChI=1S/C15H12FO/c1-2-11-6-8-12(9-7-11)14-5-3-4-13(10-17)15(14)16/h3,5-10H,2H2,1H3. The molecule has 2 aromatic rings. The summed E-state index contributed by atoms with van der Waals surface area (Å²) in [6.45, 7) is 2.07. The summed E-state index contributed by atoms with van der Waals surface area (Å²) in [6, 6.07) is 13.4. The molecule has 0 aliphatic carbocycles. The van der Waals surface area contributed by atoms with Gasteiger partial charge in [-0.25, -0.2) is 4.39 Å². The average molecular weight is 227 g/mol. The molecular weight excluding hydrogens is 215 g/mol. The first-order chi connectivity index (χ1) is 8.26. The van der Waals surface area contributed by atoms with Gasteiger partial charge in [0.1, 0.15) is 5.82 Å². The molecule has 0 atom stereocenters. The highest BCUT2D eigenvalue weighted by Gasteiger charge is 2.09. The van der Waals surface area contributed by atoms with Gasteiger partial charge in [-0.05, 0) is 23.6 Å². The van der Waals surface area contributed by atoms with Gasteiger partial charge in [0.2, 0.25) is 0 Å². The van der Waals surface area contributed by atoms with Crippen LogP contribution in [0.25, 0.3) is 11.1 Å². The molecule has 0 saturated carbocycles. The maximum absolute atomic E-state index is 13.9. The largest absolute Gasteiger partial charge is 0.298 e. The van der Waals surface area contributed by atoms with Crippen molar-refractivity contribution in [1.29, 1.82) is 0 Å². The Morgan fingerprint density at radius 3 is 2.53 bits per heavy atom. The highest BCUT2D eigenvalue weighted by atomic mass is 19.1. The van der Waals surface area contributed by atoms with Gasteiger partial charge in [0.25, 0.3) is 0 Å². The molecule has 1 nitrogen and oxygen atoms in total. The normalized spacial score (nSPS) is 10.2. The Kier molecular flexibility index (Phi) is 3.33. The first-order valence-corrected chi connectivity index (χ1v) is 5.51. The lowest BCUT2D eigenvalue weighted by Gasteiger charge is -2.05. The zero-order valence-electron chi connectivity index (χ0n) is 9.53. The topological polar surface area (TPSA) is 17.1 Å². The number of halogens is 1. The fourth-order valence-electron chi connectivity index (χ4n) is 1.73. The minimum Gasteiger partial charge on any atom is -0.298 e. The van der Waals surface area contributed by atoms with E-state index in [-0.39, 0.29) is 5.56 Å². The lowest BCUT2D eigenvalue weighted by molar-refractivity contribution is 0.111. The van der Waals surface area contributed by atoms with Gasteiger partial charge in [0.05, 0.1) is 5.56 Å². The van der Waals surface area contributed by atoms with Crippen LogP contribution < -0.4 is 0 Å². The van der Waals surface area contributed by atoms with Gasteiger partial charge in [-0.1, -0.05) is 43.3 Å². The van der Waals surface area contributed by atoms with Crippen LogP contribution in [0.5, 0.6) is 0 Å². The van der Waals surface area contributed by atoms with Gasteiger partial charge in [0, 0.05) is 5.56 Å². The maximum atomic E-state index is 13.9. The molecule has 0 aliphatic heterocycles. The summed E-state index contributed by atoms with van der Waals surface area (Å²) in [5, 5.41) is 0. The molecule has 0 heterocycles. The molecule has 1 radical (unpaired) electrons. The first kappa shape index (κ1) is 11.5. The number of benzene rings is 2. The molecule has 0 N–H and O–H groups in total. The zero-order valence-corrected chi connectivity index (χ0v) is 9.53. The highest BCUT2D eigenvalue weighted by Crippen LogP contribution is 2.24. The van der Waals surface area contributed by atoms with Crippen LogP contribution in [0.15, 0.2) is 36.4 Å². The van der Waals surface area contributed by atoms with Gasteiger partial charge in [-0.2, -0.15) is 0 Å². The minimum atomic E-state index is -0.508. The molecule has 2 heteroatoms. The molecule has 0 spiro atoms. The number of aldehydes is 1. The van der Waals surface area contributed by atoms with E-state index < -0.39 is 5.82 Å². The van der Waals surface area contributed by atoms with Crippen molar-refractivity contribution in [3.8, 4) is 11.1 Å². The quantitative estimate of drug-likeness (QED) is 0.731. The molecule has 2 aromatic carbocycles. The van der Waals surface area contributed by atoms with Crippen LogP contribution in [0.4, 0.5) is 4.39 Å². The molecule has 0 aromatic heterocycles. The molecule has 0 fully saturated rings. The average Bonchev–Trinajstić information content (AvgIpc) is 2.39. The SMILES string of the molecule is CCc1ccc(-c2cc[c]c(C=O)c2F)cc1. The van der Waals surface area contributed by atoms with Crippen molar-refractivity contribution >= 4 is 6.29 Å². The van der Waals surface area contributed by atoms with Crippen molar-refractivity contribution in [1.82, 2.24) is 0 Å². The van der Waals surface area contributed by atoms with E-state index in [1.807, 2.05) is 24.3 Å². The smallest absolute Gasteiger partial charge is 0.153 e. The summed E-state index contributed by atoms with van der Waals surface area (Å²) in [7, 11) is 0. The monoisotopic (exact) mass is 227 g/mol. The number of hydrogen-bond acceptors (Lipinski definition) is 1. The molecule has 0 unspecified atom stereocenters. The summed E-state index contributed by atoms with van der Waals surface area (Å²) in [5.74, 6) is -0.508. The van der Waals surface area contributed by atoms with Crippen LogP contribution >= 0.6 is 0 Å². The number of carbonyl (C=O) groups is 1. The Balaban J connectivity index is 2.48. The van der Waals surface area contributed by atoms with Crippen LogP contribution in [-0.4, -0.2) is 6.29 Å². The Hall–Kier alpha value is -1.96. The van der Waals surface area contributed by atoms with E-state index in [2.05, 4.69) is 13.0 Å². The minimum absolute atomic E-state index is 0.0259. The van der Waals surface area contributed by atoms with Gasteiger partial charge >= 0.3 is 0 Å². The van der Waals surface area contributed by atoms with Crippen molar-refractivity contribution in [2.24, 2.45) is 0 Å². The molecule has 0 amide bonds. The van der Waals surface area contributed by atoms with E-state index in [4.69, 9.17) is 0 Å². The lowest BCUT2D eigenvalue weighted by Crippen LogP contribution is -1.92. The molecule has 2 rings (SSSR count). The molecule has 0 bridgehead atoms. The second-order valence-corrected chi connectivity index (χ2v) is 3.79. The molecule has 17 heavy (non-hydrogen) atoms. The van der Waals surface area contributed by atoms with E-state index >= 15 is 0 Å². The Morgan fingerprint density at radius 2 is 1.94 bits per heavy atom. The van der Waals surface area contributed by atoms with E-state index in [0.717, 1.165) is 12.0 Å². The summed E-state index contributed by atoms with van der Waals surface area (Å²) in [4.78, 5) is 10.6. The van der Waals surface area contributed by atoms with E-state index in [1.54, 1.807) is 12.1 Å². The van der Waals surface area contributed by atoms with E-state index in [0.29, 0.717) is 11.8 Å².